The second kappa shape index (κ2) is 6.57. The zero-order valence-corrected chi connectivity index (χ0v) is 12.3. The molecule has 122 valence electrons. The number of hydrogen-bond acceptors (Lipinski definition) is 5. The molecule has 0 atom stereocenters. The lowest BCUT2D eigenvalue weighted by atomic mass is 10.1. The average molecular weight is 331 g/mol. The molecule has 0 saturated carbocycles. The van der Waals surface area contributed by atoms with Gasteiger partial charge in [-0.25, -0.2) is 8.78 Å². The number of Topliss-reactive ketones (excluding diaryl/α,β-unsaturated/α-hetero) is 1. The van der Waals surface area contributed by atoms with Gasteiger partial charge in [0.15, 0.2) is 12.2 Å². The first-order valence-corrected chi connectivity index (χ1v) is 7.02. The predicted molar refractivity (Wildman–Crippen MR) is 79.4 cm³/mol. The smallest absolute Gasteiger partial charge is 0.312 e. The molecule has 0 aliphatic rings. The van der Waals surface area contributed by atoms with Gasteiger partial charge in [0.2, 0.25) is 5.78 Å². The topological polar surface area (TPSA) is 69.4 Å². The van der Waals surface area contributed by atoms with Crippen molar-refractivity contribution in [2.24, 2.45) is 0 Å². The lowest BCUT2D eigenvalue weighted by molar-refractivity contribution is -0.141. The first kappa shape index (κ1) is 15.8. The first-order valence-electron chi connectivity index (χ1n) is 7.02. The van der Waals surface area contributed by atoms with Crippen LogP contribution in [0.4, 0.5) is 8.78 Å². The van der Waals surface area contributed by atoms with Crippen LogP contribution in [0.5, 0.6) is 0 Å². The van der Waals surface area contributed by atoms with Crippen molar-refractivity contribution in [3.8, 4) is 0 Å². The zero-order valence-electron chi connectivity index (χ0n) is 12.3. The van der Waals surface area contributed by atoms with Crippen LogP contribution in [0.3, 0.4) is 0 Å². The molecule has 7 heteroatoms. The summed E-state index contributed by atoms with van der Waals surface area (Å²) in [5.41, 5.74) is 0.438. The molecule has 0 saturated heterocycles. The van der Waals surface area contributed by atoms with Gasteiger partial charge in [0.1, 0.15) is 17.3 Å². The number of halogens is 2. The fourth-order valence-electron chi connectivity index (χ4n) is 2.19. The van der Waals surface area contributed by atoms with Gasteiger partial charge < -0.3 is 9.26 Å². The average Bonchev–Trinajstić information content (AvgIpc) is 2.98. The Morgan fingerprint density at radius 1 is 1.12 bits per heavy atom. The predicted octanol–water partition coefficient (Wildman–Crippen LogP) is 3.07. The van der Waals surface area contributed by atoms with Crippen molar-refractivity contribution in [3.05, 3.63) is 65.4 Å². The third-order valence-corrected chi connectivity index (χ3v) is 3.36. The number of esters is 1. The standard InChI is InChI=1S/C17H11F2NO4/c18-10-5-6-13(19)12(7-10)15(21)9-23-17(22)8-14-11-3-1-2-4-16(11)24-20-14/h1-7H,8-9H2. The van der Waals surface area contributed by atoms with Crippen LogP contribution in [0.1, 0.15) is 16.1 Å². The fourth-order valence-corrected chi connectivity index (χ4v) is 2.19. The van der Waals surface area contributed by atoms with Gasteiger partial charge >= 0.3 is 5.97 Å². The van der Waals surface area contributed by atoms with E-state index in [1.807, 2.05) is 0 Å². The van der Waals surface area contributed by atoms with Crippen molar-refractivity contribution < 1.29 is 27.6 Å². The molecule has 0 aliphatic carbocycles. The molecule has 1 aromatic heterocycles. The molecule has 24 heavy (non-hydrogen) atoms. The molecule has 0 fully saturated rings. The molecular weight excluding hydrogens is 320 g/mol. The normalized spacial score (nSPS) is 10.8. The first-order chi connectivity index (χ1) is 11.5. The number of para-hydroxylation sites is 1. The summed E-state index contributed by atoms with van der Waals surface area (Å²) in [6.45, 7) is -0.686. The number of hydrogen-bond donors (Lipinski definition) is 0. The second-order valence-electron chi connectivity index (χ2n) is 5.01. The Kier molecular flexibility index (Phi) is 4.33. The molecule has 0 amide bonds. The third-order valence-electron chi connectivity index (χ3n) is 3.36. The van der Waals surface area contributed by atoms with Crippen LogP contribution in [0, 0.1) is 11.6 Å². The molecule has 0 radical (unpaired) electrons. The van der Waals surface area contributed by atoms with E-state index in [1.165, 1.54) is 0 Å². The number of carbonyl (C=O) groups is 2. The molecule has 1 heterocycles. The Bertz CT molecular complexity index is 920. The van der Waals surface area contributed by atoms with Gasteiger partial charge in [0.05, 0.1) is 12.0 Å². The number of rotatable bonds is 5. The van der Waals surface area contributed by atoms with E-state index in [4.69, 9.17) is 9.26 Å². The Morgan fingerprint density at radius 3 is 2.75 bits per heavy atom. The van der Waals surface area contributed by atoms with Gasteiger partial charge in [0, 0.05) is 5.39 Å². The summed E-state index contributed by atoms with van der Waals surface area (Å²) in [5.74, 6) is -3.18. The van der Waals surface area contributed by atoms with Crippen LogP contribution in [0.2, 0.25) is 0 Å². The Morgan fingerprint density at radius 2 is 1.92 bits per heavy atom. The van der Waals surface area contributed by atoms with Crippen LogP contribution in [0.15, 0.2) is 47.0 Å². The van der Waals surface area contributed by atoms with E-state index < -0.39 is 35.6 Å². The summed E-state index contributed by atoms with van der Waals surface area (Å²) < 4.78 is 36.4. The highest BCUT2D eigenvalue weighted by Gasteiger charge is 2.17. The van der Waals surface area contributed by atoms with Crippen molar-refractivity contribution >= 4 is 22.7 Å². The Labute approximate surface area is 134 Å². The zero-order chi connectivity index (χ0) is 17.1. The van der Waals surface area contributed by atoms with Crippen LogP contribution in [0.25, 0.3) is 11.0 Å². The summed E-state index contributed by atoms with van der Waals surface area (Å²) in [7, 11) is 0. The molecular formula is C17H11F2NO4. The highest BCUT2D eigenvalue weighted by Crippen LogP contribution is 2.18. The number of fused-ring (bicyclic) bond motifs is 1. The molecule has 3 rings (SSSR count). The van der Waals surface area contributed by atoms with Gasteiger partial charge in [-0.05, 0) is 30.3 Å². The third kappa shape index (κ3) is 3.29. The molecule has 0 aliphatic heterocycles. The van der Waals surface area contributed by atoms with E-state index in [0.29, 0.717) is 16.7 Å². The van der Waals surface area contributed by atoms with Crippen LogP contribution >= 0.6 is 0 Å². The monoisotopic (exact) mass is 331 g/mol. The van der Waals surface area contributed by atoms with Crippen molar-refractivity contribution in [1.29, 1.82) is 0 Å². The van der Waals surface area contributed by atoms with Crippen molar-refractivity contribution in [3.63, 3.8) is 0 Å². The van der Waals surface area contributed by atoms with E-state index >= 15 is 0 Å². The van der Waals surface area contributed by atoms with Crippen LogP contribution in [-0.2, 0) is 16.0 Å². The minimum Gasteiger partial charge on any atom is -0.457 e. The van der Waals surface area contributed by atoms with E-state index in [0.717, 1.165) is 18.2 Å². The molecule has 0 spiro atoms. The van der Waals surface area contributed by atoms with Gasteiger partial charge in [0.25, 0.3) is 0 Å². The lowest BCUT2D eigenvalue weighted by Gasteiger charge is -2.04. The maximum atomic E-state index is 13.5. The SMILES string of the molecule is O=C(Cc1noc2ccccc12)OCC(=O)c1cc(F)ccc1F. The molecule has 0 bridgehead atoms. The van der Waals surface area contributed by atoms with Gasteiger partial charge in [-0.2, -0.15) is 0 Å². The van der Waals surface area contributed by atoms with Crippen LogP contribution in [-0.4, -0.2) is 23.5 Å². The highest BCUT2D eigenvalue weighted by atomic mass is 19.1. The highest BCUT2D eigenvalue weighted by molar-refractivity contribution is 5.98. The minimum atomic E-state index is -0.875. The second-order valence-corrected chi connectivity index (χ2v) is 5.01. The molecule has 5 nitrogen and oxygen atoms in total. The van der Waals surface area contributed by atoms with Gasteiger partial charge in [-0.3, -0.25) is 9.59 Å². The Balaban J connectivity index is 1.63. The number of nitrogens with zero attached hydrogens (tertiary/aromatic N) is 1. The molecule has 3 aromatic rings. The molecule has 2 aromatic carbocycles. The largest absolute Gasteiger partial charge is 0.457 e. The van der Waals surface area contributed by atoms with E-state index in [2.05, 4.69) is 5.16 Å². The maximum absolute atomic E-state index is 13.5. The van der Waals surface area contributed by atoms with Crippen molar-refractivity contribution in [2.45, 2.75) is 6.42 Å². The minimum absolute atomic E-state index is 0.198. The van der Waals surface area contributed by atoms with E-state index in [-0.39, 0.29) is 6.42 Å². The number of aromatic nitrogens is 1. The van der Waals surface area contributed by atoms with Gasteiger partial charge in [-0.1, -0.05) is 17.3 Å². The van der Waals surface area contributed by atoms with Gasteiger partial charge in [-0.15, -0.1) is 0 Å². The number of ketones is 1. The summed E-state index contributed by atoms with van der Waals surface area (Å²) >= 11 is 0. The summed E-state index contributed by atoms with van der Waals surface area (Å²) in [4.78, 5) is 23.6. The summed E-state index contributed by atoms with van der Waals surface area (Å²) in [6, 6.07) is 9.47. The summed E-state index contributed by atoms with van der Waals surface area (Å²) in [6.07, 6.45) is -0.198. The van der Waals surface area contributed by atoms with E-state index in [1.54, 1.807) is 24.3 Å². The summed E-state index contributed by atoms with van der Waals surface area (Å²) in [5, 5.41) is 4.44. The van der Waals surface area contributed by atoms with E-state index in [9.17, 15) is 18.4 Å². The maximum Gasteiger partial charge on any atom is 0.312 e. The molecule has 0 unspecified atom stereocenters. The number of ether oxygens (including phenoxy) is 1. The molecule has 0 N–H and O–H groups in total. The fraction of sp³-hybridized carbons (Fsp3) is 0.118. The van der Waals surface area contributed by atoms with Crippen molar-refractivity contribution in [1.82, 2.24) is 5.16 Å². The quantitative estimate of drug-likeness (QED) is 0.531. The van der Waals surface area contributed by atoms with Crippen LogP contribution < -0.4 is 0 Å². The Hall–Kier alpha value is -3.09. The number of benzene rings is 2. The lowest BCUT2D eigenvalue weighted by Crippen LogP contribution is -2.17. The van der Waals surface area contributed by atoms with Crippen molar-refractivity contribution in [2.75, 3.05) is 6.61 Å². The number of carbonyl (C=O) groups excluding carboxylic acids is 2.